The number of nitrogens with zero attached hydrogens (tertiary/aromatic N) is 1. The Morgan fingerprint density at radius 1 is 1.56 bits per heavy atom. The van der Waals surface area contributed by atoms with Crippen molar-refractivity contribution in [1.29, 1.82) is 0 Å². The molecule has 0 aliphatic heterocycles. The molecule has 2 N–H and O–H groups in total. The number of aromatic carboxylic acids is 1. The molecular weight excluding hydrogens is 323 g/mol. The van der Waals surface area contributed by atoms with Gasteiger partial charge < -0.3 is 9.84 Å². The molecule has 94 valence electrons. The van der Waals surface area contributed by atoms with Crippen LogP contribution in [0.5, 0.6) is 5.75 Å². The number of hydrogen-bond donors (Lipinski definition) is 2. The number of nitrogens with one attached hydrogen (secondary N) is 1. The molecule has 0 fully saturated rings. The molecule has 18 heavy (non-hydrogen) atoms. The van der Waals surface area contributed by atoms with Crippen molar-refractivity contribution in [3.05, 3.63) is 33.4 Å². The molecule has 0 amide bonds. The number of hydrogen-bond acceptors (Lipinski definition) is 3. The number of methoxy groups -OCH3 is 1. The Bertz CT molecular complexity index is 612. The second-order valence-corrected chi connectivity index (χ2v) is 4.62. The van der Waals surface area contributed by atoms with E-state index in [0.717, 1.165) is 0 Å². The van der Waals surface area contributed by atoms with E-state index in [1.165, 1.54) is 7.11 Å². The quantitative estimate of drug-likeness (QED) is 0.905. The predicted octanol–water partition coefficient (Wildman–Crippen LogP) is 3.20. The van der Waals surface area contributed by atoms with Gasteiger partial charge in [0.1, 0.15) is 11.4 Å². The van der Waals surface area contributed by atoms with Crippen LogP contribution in [0.25, 0.3) is 11.3 Å². The van der Waals surface area contributed by atoms with Gasteiger partial charge in [0.2, 0.25) is 0 Å². The molecule has 0 saturated carbocycles. The molecule has 0 bridgehead atoms. The molecule has 0 radical (unpaired) electrons. The third-order valence-corrected chi connectivity index (χ3v) is 3.41. The Morgan fingerprint density at radius 2 is 2.28 bits per heavy atom. The number of rotatable bonds is 3. The summed E-state index contributed by atoms with van der Waals surface area (Å²) < 4.78 is 5.43. The van der Waals surface area contributed by atoms with Crippen molar-refractivity contribution in [2.24, 2.45) is 0 Å². The van der Waals surface area contributed by atoms with Gasteiger partial charge in [-0.05, 0) is 34.1 Å². The average Bonchev–Trinajstić information content (AvgIpc) is 2.71. The Kier molecular flexibility index (Phi) is 3.58. The van der Waals surface area contributed by atoms with E-state index in [9.17, 15) is 4.79 Å². The first-order valence-electron chi connectivity index (χ1n) is 4.85. The number of aromatic amines is 1. The summed E-state index contributed by atoms with van der Waals surface area (Å²) in [4.78, 5) is 10.9. The van der Waals surface area contributed by atoms with Crippen LogP contribution >= 0.6 is 27.5 Å². The van der Waals surface area contributed by atoms with Gasteiger partial charge in [-0.15, -0.1) is 0 Å². The monoisotopic (exact) mass is 330 g/mol. The Hall–Kier alpha value is -1.53. The van der Waals surface area contributed by atoms with Crippen molar-refractivity contribution in [3.63, 3.8) is 0 Å². The summed E-state index contributed by atoms with van der Waals surface area (Å²) in [6.45, 7) is 0. The van der Waals surface area contributed by atoms with Crippen molar-refractivity contribution in [2.45, 2.75) is 0 Å². The summed E-state index contributed by atoms with van der Waals surface area (Å²) in [5.41, 5.74) is 1.17. The number of aromatic nitrogens is 2. The summed E-state index contributed by atoms with van der Waals surface area (Å²) in [5, 5.41) is 15.7. The maximum absolute atomic E-state index is 10.9. The Morgan fingerprint density at radius 3 is 2.78 bits per heavy atom. The lowest BCUT2D eigenvalue weighted by atomic mass is 10.1. The zero-order valence-corrected chi connectivity index (χ0v) is 11.5. The summed E-state index contributed by atoms with van der Waals surface area (Å²) in [7, 11) is 1.52. The molecule has 1 aromatic carbocycles. The molecule has 7 heteroatoms. The highest BCUT2D eigenvalue weighted by atomic mass is 79.9. The highest BCUT2D eigenvalue weighted by molar-refractivity contribution is 9.10. The van der Waals surface area contributed by atoms with E-state index in [4.69, 9.17) is 21.4 Å². The minimum Gasteiger partial charge on any atom is -0.495 e. The highest BCUT2D eigenvalue weighted by Gasteiger charge is 2.18. The zero-order valence-electron chi connectivity index (χ0n) is 9.20. The van der Waals surface area contributed by atoms with Gasteiger partial charge in [0.05, 0.1) is 16.6 Å². The number of carboxylic acids is 1. The lowest BCUT2D eigenvalue weighted by molar-refractivity contribution is 0.0689. The molecule has 0 atom stereocenters. The molecule has 5 nitrogen and oxygen atoms in total. The van der Waals surface area contributed by atoms with Crippen LogP contribution in [0.3, 0.4) is 0 Å². The van der Waals surface area contributed by atoms with Crippen molar-refractivity contribution in [1.82, 2.24) is 10.2 Å². The van der Waals surface area contributed by atoms with Gasteiger partial charge in [0.25, 0.3) is 0 Å². The van der Waals surface area contributed by atoms with Crippen LogP contribution in [0.4, 0.5) is 0 Å². The number of carboxylic acid groups (broad SMARTS) is 1. The fourth-order valence-corrected chi connectivity index (χ4v) is 2.31. The predicted molar refractivity (Wildman–Crippen MR) is 70.2 cm³/mol. The molecule has 1 heterocycles. The smallest absolute Gasteiger partial charge is 0.355 e. The van der Waals surface area contributed by atoms with Crippen LogP contribution in [0.15, 0.2) is 22.7 Å². The third kappa shape index (κ3) is 2.21. The average molecular weight is 332 g/mol. The van der Waals surface area contributed by atoms with Crippen molar-refractivity contribution >= 4 is 33.5 Å². The van der Waals surface area contributed by atoms with Gasteiger partial charge in [0.15, 0.2) is 5.69 Å². The van der Waals surface area contributed by atoms with Gasteiger partial charge in [-0.3, -0.25) is 5.10 Å². The van der Waals surface area contributed by atoms with Crippen LogP contribution < -0.4 is 4.74 Å². The summed E-state index contributed by atoms with van der Waals surface area (Å²) >= 11 is 9.21. The first kappa shape index (κ1) is 12.9. The standard InChI is InChI=1S/C11H8BrClN2O3/c1-18-7-3-2-5(4-6(7)13)9-8(12)10(11(16)17)15-14-9/h2-4H,1H3,(H,14,15)(H,16,17). The summed E-state index contributed by atoms with van der Waals surface area (Å²) in [6, 6.07) is 5.10. The normalized spacial score (nSPS) is 10.4. The third-order valence-electron chi connectivity index (χ3n) is 2.35. The van der Waals surface area contributed by atoms with E-state index in [0.29, 0.717) is 26.5 Å². The number of H-pyrrole nitrogens is 1. The van der Waals surface area contributed by atoms with Crippen molar-refractivity contribution in [2.75, 3.05) is 7.11 Å². The van der Waals surface area contributed by atoms with Gasteiger partial charge in [0, 0.05) is 5.56 Å². The van der Waals surface area contributed by atoms with Crippen LogP contribution in [-0.4, -0.2) is 28.4 Å². The molecule has 0 saturated heterocycles. The Balaban J connectivity index is 2.49. The van der Waals surface area contributed by atoms with Crippen molar-refractivity contribution in [3.8, 4) is 17.0 Å². The molecule has 1 aromatic heterocycles. The summed E-state index contributed by atoms with van der Waals surface area (Å²) in [5.74, 6) is -0.536. The lowest BCUT2D eigenvalue weighted by Gasteiger charge is -2.04. The van der Waals surface area contributed by atoms with Gasteiger partial charge in [-0.2, -0.15) is 5.10 Å². The first-order chi connectivity index (χ1) is 8.54. The van der Waals surface area contributed by atoms with E-state index < -0.39 is 5.97 Å². The molecule has 0 spiro atoms. The van der Waals surface area contributed by atoms with Crippen LogP contribution in [0.2, 0.25) is 5.02 Å². The van der Waals surface area contributed by atoms with Crippen molar-refractivity contribution < 1.29 is 14.6 Å². The number of ether oxygens (including phenoxy) is 1. The zero-order chi connectivity index (χ0) is 13.3. The second-order valence-electron chi connectivity index (χ2n) is 3.42. The molecule has 2 rings (SSSR count). The maximum Gasteiger partial charge on any atom is 0.355 e. The van der Waals surface area contributed by atoms with Gasteiger partial charge >= 0.3 is 5.97 Å². The molecule has 2 aromatic rings. The number of benzene rings is 1. The molecule has 0 unspecified atom stereocenters. The van der Waals surface area contributed by atoms with Crippen LogP contribution in [0, 0.1) is 0 Å². The second kappa shape index (κ2) is 4.99. The minimum absolute atomic E-state index is 0.00283. The van der Waals surface area contributed by atoms with E-state index >= 15 is 0 Å². The number of halogens is 2. The minimum atomic E-state index is -1.08. The van der Waals surface area contributed by atoms with E-state index in [-0.39, 0.29) is 5.69 Å². The van der Waals surface area contributed by atoms with E-state index in [2.05, 4.69) is 26.1 Å². The number of carbonyl (C=O) groups is 1. The highest BCUT2D eigenvalue weighted by Crippen LogP contribution is 2.33. The maximum atomic E-state index is 10.9. The fourth-order valence-electron chi connectivity index (χ4n) is 1.48. The SMILES string of the molecule is COc1ccc(-c2n[nH]c(C(=O)O)c2Br)cc1Cl. The summed E-state index contributed by atoms with van der Waals surface area (Å²) in [6.07, 6.45) is 0. The van der Waals surface area contributed by atoms with E-state index in [1.54, 1.807) is 18.2 Å². The molecule has 0 aliphatic rings. The molecule has 0 aliphatic carbocycles. The van der Waals surface area contributed by atoms with E-state index in [1.807, 2.05) is 0 Å². The van der Waals surface area contributed by atoms with Crippen LogP contribution in [0.1, 0.15) is 10.5 Å². The van der Waals surface area contributed by atoms with Gasteiger partial charge in [-0.25, -0.2) is 4.79 Å². The fraction of sp³-hybridized carbons (Fsp3) is 0.0909. The van der Waals surface area contributed by atoms with Crippen LogP contribution in [-0.2, 0) is 0 Å². The first-order valence-corrected chi connectivity index (χ1v) is 6.02. The largest absolute Gasteiger partial charge is 0.495 e. The van der Waals surface area contributed by atoms with Gasteiger partial charge in [-0.1, -0.05) is 11.6 Å². The topological polar surface area (TPSA) is 75.2 Å². The Labute approximate surface area is 116 Å². The lowest BCUT2D eigenvalue weighted by Crippen LogP contribution is -1.96. The molecular formula is C11H8BrClN2O3.